The molecule has 0 aliphatic carbocycles. The van der Waals surface area contributed by atoms with Crippen molar-refractivity contribution in [3.8, 4) is 28.7 Å². The zero-order valence-corrected chi connectivity index (χ0v) is 18.0. The number of aromatic nitrogens is 1. The maximum absolute atomic E-state index is 11.9. The minimum atomic E-state index is -0.383. The minimum Gasteiger partial charge on any atom is -0.493 e. The van der Waals surface area contributed by atoms with Gasteiger partial charge in [-0.15, -0.1) is 0 Å². The molecular formula is C24H23NO6. The number of benzene rings is 3. The Bertz CT molecular complexity index is 1200. The molecule has 0 spiro atoms. The first kappa shape index (κ1) is 20.4. The molecule has 0 saturated carbocycles. The molecule has 7 nitrogen and oxygen atoms in total. The van der Waals surface area contributed by atoms with Gasteiger partial charge in [0.05, 0.1) is 52.1 Å². The van der Waals surface area contributed by atoms with E-state index in [1.807, 2.05) is 36.4 Å². The summed E-state index contributed by atoms with van der Waals surface area (Å²) in [5, 5.41) is 1.93. The molecule has 160 valence electrons. The summed E-state index contributed by atoms with van der Waals surface area (Å²) in [7, 11) is 7.79. The zero-order chi connectivity index (χ0) is 22.1. The van der Waals surface area contributed by atoms with Crippen LogP contribution in [0.1, 0.15) is 10.4 Å². The molecule has 4 aromatic rings. The second-order valence-corrected chi connectivity index (χ2v) is 6.82. The molecule has 0 amide bonds. The first-order chi connectivity index (χ1) is 15.1. The third kappa shape index (κ3) is 3.28. The van der Waals surface area contributed by atoms with Gasteiger partial charge >= 0.3 is 5.97 Å². The van der Waals surface area contributed by atoms with E-state index in [4.69, 9.17) is 23.7 Å². The van der Waals surface area contributed by atoms with E-state index in [1.54, 1.807) is 40.6 Å². The lowest BCUT2D eigenvalue weighted by Gasteiger charge is -2.12. The third-order valence-electron chi connectivity index (χ3n) is 5.32. The van der Waals surface area contributed by atoms with Gasteiger partial charge in [-0.05, 0) is 36.4 Å². The highest BCUT2D eigenvalue weighted by atomic mass is 16.5. The van der Waals surface area contributed by atoms with Crippen molar-refractivity contribution < 1.29 is 28.5 Å². The Kier molecular flexibility index (Phi) is 5.33. The van der Waals surface area contributed by atoms with Crippen LogP contribution in [0.25, 0.3) is 27.5 Å². The number of hydrogen-bond donors (Lipinski definition) is 0. The van der Waals surface area contributed by atoms with Crippen molar-refractivity contribution >= 4 is 27.8 Å². The van der Waals surface area contributed by atoms with Crippen LogP contribution in [0.2, 0.25) is 0 Å². The second kappa shape index (κ2) is 8.10. The van der Waals surface area contributed by atoms with E-state index in [9.17, 15) is 4.79 Å². The average molecular weight is 421 g/mol. The molecule has 0 atom stereocenters. The van der Waals surface area contributed by atoms with Gasteiger partial charge in [0.2, 0.25) is 0 Å². The summed E-state index contributed by atoms with van der Waals surface area (Å²) in [5.41, 5.74) is 3.17. The fourth-order valence-corrected chi connectivity index (χ4v) is 3.81. The van der Waals surface area contributed by atoms with Crippen molar-refractivity contribution in [3.05, 3.63) is 54.1 Å². The molecule has 0 fully saturated rings. The third-order valence-corrected chi connectivity index (χ3v) is 5.32. The van der Waals surface area contributed by atoms with E-state index in [1.165, 1.54) is 7.11 Å². The van der Waals surface area contributed by atoms with E-state index in [-0.39, 0.29) is 5.97 Å². The van der Waals surface area contributed by atoms with Crippen LogP contribution < -0.4 is 18.9 Å². The SMILES string of the molecule is COC(=O)c1ccc(-n2c3cc(OC)c(OC)cc3c3cc(OC)c(OC)cc32)cc1. The minimum absolute atomic E-state index is 0.383. The Labute approximate surface area is 179 Å². The first-order valence-electron chi connectivity index (χ1n) is 9.57. The van der Waals surface area contributed by atoms with Crippen LogP contribution >= 0.6 is 0 Å². The van der Waals surface area contributed by atoms with Gasteiger partial charge in [0.25, 0.3) is 0 Å². The number of rotatable bonds is 6. The van der Waals surface area contributed by atoms with Crippen molar-refractivity contribution in [1.29, 1.82) is 0 Å². The highest BCUT2D eigenvalue weighted by molar-refractivity contribution is 6.11. The Morgan fingerprint density at radius 1 is 0.645 bits per heavy atom. The maximum atomic E-state index is 11.9. The molecule has 3 aromatic carbocycles. The standard InChI is InChI=1S/C24H23NO6/c1-27-20-10-16-17-11-21(28-2)23(30-4)13-19(17)25(18(16)12-22(20)29-3)15-8-6-14(7-9-15)24(26)31-5/h6-13H,1-5H3. The second-order valence-electron chi connectivity index (χ2n) is 6.82. The fourth-order valence-electron chi connectivity index (χ4n) is 3.81. The monoisotopic (exact) mass is 421 g/mol. The summed E-state index contributed by atoms with van der Waals surface area (Å²) in [5.74, 6) is 2.11. The first-order valence-corrected chi connectivity index (χ1v) is 9.57. The summed E-state index contributed by atoms with van der Waals surface area (Å²) in [6.45, 7) is 0. The molecule has 0 bridgehead atoms. The quantitative estimate of drug-likeness (QED) is 0.424. The lowest BCUT2D eigenvalue weighted by molar-refractivity contribution is 0.0600. The molecule has 0 radical (unpaired) electrons. The predicted octanol–water partition coefficient (Wildman–Crippen LogP) is 4.60. The fraction of sp³-hybridized carbons (Fsp3) is 0.208. The van der Waals surface area contributed by atoms with E-state index >= 15 is 0 Å². The summed E-state index contributed by atoms with van der Waals surface area (Å²) < 4.78 is 29.0. The normalized spacial score (nSPS) is 10.9. The average Bonchev–Trinajstić information content (AvgIpc) is 3.13. The van der Waals surface area contributed by atoms with E-state index in [0.717, 1.165) is 27.5 Å². The molecule has 0 saturated heterocycles. The number of carbonyl (C=O) groups excluding carboxylic acids is 1. The number of ether oxygens (including phenoxy) is 5. The van der Waals surface area contributed by atoms with Crippen LogP contribution in [0.4, 0.5) is 0 Å². The van der Waals surface area contributed by atoms with E-state index in [0.29, 0.717) is 28.6 Å². The number of carbonyl (C=O) groups is 1. The summed E-state index contributed by atoms with van der Waals surface area (Å²) in [6.07, 6.45) is 0. The van der Waals surface area contributed by atoms with Gasteiger partial charge in [-0.1, -0.05) is 0 Å². The Morgan fingerprint density at radius 2 is 1.06 bits per heavy atom. The summed E-state index contributed by atoms with van der Waals surface area (Å²) in [4.78, 5) is 11.9. The van der Waals surface area contributed by atoms with Crippen LogP contribution in [0.15, 0.2) is 48.5 Å². The van der Waals surface area contributed by atoms with Gasteiger partial charge < -0.3 is 28.3 Å². The van der Waals surface area contributed by atoms with Gasteiger partial charge in [-0.3, -0.25) is 0 Å². The molecule has 4 rings (SSSR count). The highest BCUT2D eigenvalue weighted by Gasteiger charge is 2.19. The summed E-state index contributed by atoms with van der Waals surface area (Å²) >= 11 is 0. The van der Waals surface area contributed by atoms with Gasteiger partial charge in [0, 0.05) is 28.6 Å². The van der Waals surface area contributed by atoms with E-state index < -0.39 is 0 Å². The van der Waals surface area contributed by atoms with Crippen LogP contribution in [-0.2, 0) is 4.74 Å². The Morgan fingerprint density at radius 3 is 1.45 bits per heavy atom. The van der Waals surface area contributed by atoms with Crippen molar-refractivity contribution in [2.24, 2.45) is 0 Å². The van der Waals surface area contributed by atoms with Crippen molar-refractivity contribution in [1.82, 2.24) is 4.57 Å². The zero-order valence-electron chi connectivity index (χ0n) is 18.0. The highest BCUT2D eigenvalue weighted by Crippen LogP contribution is 2.42. The van der Waals surface area contributed by atoms with Gasteiger partial charge in [-0.25, -0.2) is 4.79 Å². The molecule has 1 heterocycles. The lowest BCUT2D eigenvalue weighted by atomic mass is 10.1. The van der Waals surface area contributed by atoms with Gasteiger partial charge in [0.1, 0.15) is 0 Å². The van der Waals surface area contributed by atoms with Crippen molar-refractivity contribution in [2.75, 3.05) is 35.5 Å². The van der Waals surface area contributed by atoms with Crippen LogP contribution in [0.5, 0.6) is 23.0 Å². The Balaban J connectivity index is 2.08. The lowest BCUT2D eigenvalue weighted by Crippen LogP contribution is -2.02. The number of nitrogens with zero attached hydrogens (tertiary/aromatic N) is 1. The molecule has 0 aliphatic heterocycles. The molecule has 0 N–H and O–H groups in total. The number of esters is 1. The molecule has 0 unspecified atom stereocenters. The molecule has 1 aromatic heterocycles. The molecule has 7 heteroatoms. The number of hydrogen-bond acceptors (Lipinski definition) is 6. The van der Waals surface area contributed by atoms with Gasteiger partial charge in [-0.2, -0.15) is 0 Å². The Hall–Kier alpha value is -3.87. The smallest absolute Gasteiger partial charge is 0.337 e. The van der Waals surface area contributed by atoms with Crippen molar-refractivity contribution in [3.63, 3.8) is 0 Å². The number of fused-ring (bicyclic) bond motifs is 3. The predicted molar refractivity (Wildman–Crippen MR) is 118 cm³/mol. The van der Waals surface area contributed by atoms with Gasteiger partial charge in [0.15, 0.2) is 23.0 Å². The molecule has 0 aliphatic rings. The number of methoxy groups -OCH3 is 5. The maximum Gasteiger partial charge on any atom is 0.337 e. The van der Waals surface area contributed by atoms with E-state index in [2.05, 4.69) is 4.57 Å². The molecule has 31 heavy (non-hydrogen) atoms. The largest absolute Gasteiger partial charge is 0.493 e. The molecular weight excluding hydrogens is 398 g/mol. The van der Waals surface area contributed by atoms with Crippen LogP contribution in [0, 0.1) is 0 Å². The van der Waals surface area contributed by atoms with Crippen LogP contribution in [-0.4, -0.2) is 46.1 Å². The van der Waals surface area contributed by atoms with Crippen molar-refractivity contribution in [2.45, 2.75) is 0 Å². The van der Waals surface area contributed by atoms with Crippen LogP contribution in [0.3, 0.4) is 0 Å². The summed E-state index contributed by atoms with van der Waals surface area (Å²) in [6, 6.07) is 15.0. The topological polar surface area (TPSA) is 68.2 Å².